The number of aryl methyl sites for hydroxylation is 1. The molecular weight excluding hydrogens is 653 g/mol. The Bertz CT molecular complexity index is 1920. The Morgan fingerprint density at radius 2 is 1.96 bits per heavy atom. The van der Waals surface area contributed by atoms with Crippen LogP contribution in [0.3, 0.4) is 0 Å². The summed E-state index contributed by atoms with van der Waals surface area (Å²) in [5, 5.41) is 19.1. The summed E-state index contributed by atoms with van der Waals surface area (Å²) in [5.41, 5.74) is 3.71. The third-order valence-corrected chi connectivity index (χ3v) is 10.9. The molecule has 11 nitrogen and oxygen atoms in total. The van der Waals surface area contributed by atoms with Crippen LogP contribution in [-0.2, 0) is 16.2 Å². The lowest BCUT2D eigenvalue weighted by atomic mass is 9.86. The third-order valence-electron chi connectivity index (χ3n) is 9.55. The van der Waals surface area contributed by atoms with Gasteiger partial charge in [-0.25, -0.2) is 4.79 Å². The second-order valence-electron chi connectivity index (χ2n) is 12.8. The fraction of sp³-hybridized carbons (Fsp3) is 0.316. The highest BCUT2D eigenvalue weighted by atomic mass is 32.2. The largest absolute Gasteiger partial charge is 0.488 e. The van der Waals surface area contributed by atoms with Crippen molar-refractivity contribution in [3.05, 3.63) is 107 Å². The van der Waals surface area contributed by atoms with Crippen LogP contribution in [0.2, 0.25) is 0 Å². The van der Waals surface area contributed by atoms with Crippen molar-refractivity contribution in [1.82, 2.24) is 20.9 Å². The maximum Gasteiger partial charge on any atom is 0.326 e. The lowest BCUT2D eigenvalue weighted by Crippen LogP contribution is -2.62. The Morgan fingerprint density at radius 3 is 2.78 bits per heavy atom. The first-order valence-electron chi connectivity index (χ1n) is 16.8. The topological polar surface area (TPSA) is 136 Å². The van der Waals surface area contributed by atoms with E-state index in [4.69, 9.17) is 9.47 Å². The number of benzene rings is 3. The van der Waals surface area contributed by atoms with Crippen molar-refractivity contribution in [3.8, 4) is 23.3 Å². The van der Waals surface area contributed by atoms with Gasteiger partial charge < -0.3 is 30.3 Å². The molecule has 3 N–H and O–H groups in total. The van der Waals surface area contributed by atoms with E-state index < -0.39 is 0 Å². The number of piperidine rings is 2. The molecule has 0 radical (unpaired) electrons. The number of likely N-dealkylation sites (tertiary alicyclic amines) is 1. The SMILES string of the molecule is C=CC(=O)N1CCC[C@@H](NC(=O)C2=C3NC(=O)N(c4ccc(Oc5cccc(COc6ccccc6C#N)c5)cc4C)C4CCNC(S2)C34)C1. The second-order valence-corrected chi connectivity index (χ2v) is 14.0. The van der Waals surface area contributed by atoms with E-state index in [0.717, 1.165) is 36.1 Å². The average Bonchev–Trinajstić information content (AvgIpc) is 3.50. The standard InChI is InChI=1S/C38H38N6O5S/c1-3-32(45)43-17-7-10-26(21-43)41-36(46)35-34-33-30(15-16-40-37(33)50-35)44(38(47)42-34)29-14-13-28(18-23(29)2)49-27-11-6-8-24(19-27)22-48-31-12-5-4-9-25(31)20-39/h3-6,8-9,11-14,18-19,26,30,33,37,40H,1,7,10,15-17,21-22H2,2H3,(H,41,46)(H,42,47)/t26-,30?,33?,37?/m1/s1. The van der Waals surface area contributed by atoms with E-state index in [1.165, 1.54) is 17.8 Å². The van der Waals surface area contributed by atoms with Gasteiger partial charge in [0.1, 0.15) is 29.9 Å². The average molecular weight is 691 g/mol. The summed E-state index contributed by atoms with van der Waals surface area (Å²) in [4.78, 5) is 43.7. The van der Waals surface area contributed by atoms with Crippen LogP contribution in [0.4, 0.5) is 10.5 Å². The zero-order valence-electron chi connectivity index (χ0n) is 27.7. The summed E-state index contributed by atoms with van der Waals surface area (Å²) in [6.45, 7) is 7.64. The van der Waals surface area contributed by atoms with Gasteiger partial charge in [0.2, 0.25) is 5.91 Å². The molecule has 3 aromatic carbocycles. The molecule has 3 aromatic rings. The molecule has 7 rings (SSSR count). The fourth-order valence-corrected chi connectivity index (χ4v) is 8.62. The minimum atomic E-state index is -0.266. The van der Waals surface area contributed by atoms with Crippen molar-refractivity contribution >= 4 is 35.3 Å². The number of carbonyl (C=O) groups is 3. The van der Waals surface area contributed by atoms with Crippen molar-refractivity contribution in [2.24, 2.45) is 5.92 Å². The summed E-state index contributed by atoms with van der Waals surface area (Å²) in [6, 6.07) is 22.0. The van der Waals surface area contributed by atoms with Crippen molar-refractivity contribution < 1.29 is 23.9 Å². The van der Waals surface area contributed by atoms with E-state index in [9.17, 15) is 19.6 Å². The molecule has 12 heteroatoms. The Balaban J connectivity index is 1.04. The first-order valence-corrected chi connectivity index (χ1v) is 17.7. The number of urea groups is 1. The van der Waals surface area contributed by atoms with E-state index in [0.29, 0.717) is 53.0 Å². The molecule has 256 valence electrons. The maximum absolute atomic E-state index is 13.8. The molecule has 0 aromatic heterocycles. The zero-order chi connectivity index (χ0) is 34.8. The number of rotatable bonds is 9. The lowest BCUT2D eigenvalue weighted by molar-refractivity contribution is -0.128. The van der Waals surface area contributed by atoms with E-state index in [2.05, 4.69) is 28.6 Å². The first-order chi connectivity index (χ1) is 24.3. The van der Waals surface area contributed by atoms with Crippen LogP contribution >= 0.6 is 11.8 Å². The van der Waals surface area contributed by atoms with Crippen LogP contribution in [0.15, 0.2) is 90.0 Å². The van der Waals surface area contributed by atoms with Gasteiger partial charge in [-0.05, 0) is 92.4 Å². The normalized spacial score (nSPS) is 22.6. The summed E-state index contributed by atoms with van der Waals surface area (Å²) in [5.74, 6) is 1.36. The summed E-state index contributed by atoms with van der Waals surface area (Å²) in [7, 11) is 0. The Hall–Kier alpha value is -5.25. The predicted molar refractivity (Wildman–Crippen MR) is 190 cm³/mol. The highest BCUT2D eigenvalue weighted by Crippen LogP contribution is 2.48. The molecule has 4 heterocycles. The molecular formula is C38H38N6O5S. The van der Waals surface area contributed by atoms with Crippen LogP contribution in [0.25, 0.3) is 0 Å². The van der Waals surface area contributed by atoms with Gasteiger partial charge in [-0.3, -0.25) is 14.5 Å². The molecule has 4 aliphatic heterocycles. The number of ether oxygens (including phenoxy) is 2. The van der Waals surface area contributed by atoms with Gasteiger partial charge in [0.15, 0.2) is 0 Å². The molecule has 50 heavy (non-hydrogen) atoms. The molecule has 3 unspecified atom stereocenters. The molecule has 0 saturated carbocycles. The molecule has 4 amide bonds. The van der Waals surface area contributed by atoms with Gasteiger partial charge in [-0.15, -0.1) is 0 Å². The predicted octanol–water partition coefficient (Wildman–Crippen LogP) is 5.32. The van der Waals surface area contributed by atoms with E-state index in [-0.39, 0.29) is 47.8 Å². The maximum atomic E-state index is 13.8. The number of para-hydroxylation sites is 1. The number of nitrogens with zero attached hydrogens (tertiary/aromatic N) is 3. The third kappa shape index (κ3) is 6.66. The number of hydrogen-bond acceptors (Lipinski definition) is 8. The lowest BCUT2D eigenvalue weighted by Gasteiger charge is -2.46. The molecule has 4 aliphatic rings. The van der Waals surface area contributed by atoms with Gasteiger partial charge >= 0.3 is 6.03 Å². The number of carbonyl (C=O) groups excluding carboxylic acids is 3. The van der Waals surface area contributed by atoms with Crippen LogP contribution < -0.4 is 30.3 Å². The smallest absolute Gasteiger partial charge is 0.326 e. The molecule has 0 spiro atoms. The number of nitrogens with one attached hydrogen (secondary N) is 3. The number of amides is 4. The van der Waals surface area contributed by atoms with Gasteiger partial charge in [0.25, 0.3) is 5.91 Å². The van der Waals surface area contributed by atoms with E-state index in [1.807, 2.05) is 60.4 Å². The zero-order valence-corrected chi connectivity index (χ0v) is 28.5. The first kappa shape index (κ1) is 33.3. The minimum absolute atomic E-state index is 0.0506. The summed E-state index contributed by atoms with van der Waals surface area (Å²) < 4.78 is 12.1. The Labute approximate surface area is 295 Å². The number of thioether (sulfide) groups is 1. The van der Waals surface area contributed by atoms with Crippen LogP contribution in [0, 0.1) is 24.2 Å². The Morgan fingerprint density at radius 1 is 1.12 bits per heavy atom. The Kier molecular flexibility index (Phi) is 9.52. The monoisotopic (exact) mass is 690 g/mol. The van der Waals surface area contributed by atoms with Crippen LogP contribution in [-0.4, -0.2) is 59.8 Å². The second kappa shape index (κ2) is 14.3. The number of hydrogen-bond donors (Lipinski definition) is 3. The highest BCUT2D eigenvalue weighted by Gasteiger charge is 2.52. The molecule has 0 aliphatic carbocycles. The molecule has 4 atom stereocenters. The van der Waals surface area contributed by atoms with Crippen molar-refractivity contribution in [2.45, 2.75) is 50.3 Å². The van der Waals surface area contributed by atoms with Gasteiger partial charge in [0.05, 0.1) is 21.9 Å². The van der Waals surface area contributed by atoms with E-state index in [1.54, 1.807) is 23.1 Å². The van der Waals surface area contributed by atoms with Crippen molar-refractivity contribution in [3.63, 3.8) is 0 Å². The number of nitriles is 1. The summed E-state index contributed by atoms with van der Waals surface area (Å²) in [6.07, 6.45) is 3.62. The molecule has 3 fully saturated rings. The molecule has 0 bridgehead atoms. The minimum Gasteiger partial charge on any atom is -0.488 e. The van der Waals surface area contributed by atoms with Crippen LogP contribution in [0.1, 0.15) is 36.0 Å². The van der Waals surface area contributed by atoms with Crippen molar-refractivity contribution in [1.29, 1.82) is 5.26 Å². The van der Waals surface area contributed by atoms with E-state index >= 15 is 0 Å². The number of anilines is 1. The summed E-state index contributed by atoms with van der Waals surface area (Å²) >= 11 is 1.47. The molecule has 3 saturated heterocycles. The van der Waals surface area contributed by atoms with Gasteiger partial charge in [-0.1, -0.05) is 42.6 Å². The fourth-order valence-electron chi connectivity index (χ4n) is 7.22. The van der Waals surface area contributed by atoms with Crippen molar-refractivity contribution in [2.75, 3.05) is 24.5 Å². The van der Waals surface area contributed by atoms with Gasteiger partial charge in [0, 0.05) is 36.4 Å². The van der Waals surface area contributed by atoms with Crippen LogP contribution in [0.5, 0.6) is 17.2 Å². The van der Waals surface area contributed by atoms with Gasteiger partial charge in [-0.2, -0.15) is 5.26 Å². The highest BCUT2D eigenvalue weighted by molar-refractivity contribution is 8.04. The quantitative estimate of drug-likeness (QED) is 0.257.